The van der Waals surface area contributed by atoms with Crippen LogP contribution in [0.4, 0.5) is 18.9 Å². The van der Waals surface area contributed by atoms with E-state index in [4.69, 9.17) is 26.8 Å². The van der Waals surface area contributed by atoms with E-state index < -0.39 is 22.8 Å². The van der Waals surface area contributed by atoms with Gasteiger partial charge in [-0.05, 0) is 12.1 Å². The van der Waals surface area contributed by atoms with Crippen LogP contribution >= 0.6 is 0 Å². The molecular formula is C9H10F3N4O4-. The van der Waals surface area contributed by atoms with E-state index in [1.807, 2.05) is 0 Å². The standard InChI is InChI=1S/C9H10F3N3O.NO3/c1-16-6-4-2-3-5(15-8(13)14)7(6)9(10,11)12;2-1(3)4/h2-4H,1H3,(H4,13,14,15);/q;-1. The zero-order chi connectivity index (χ0) is 15.9. The number of rotatable bonds is 2. The van der Waals surface area contributed by atoms with Gasteiger partial charge in [-0.15, -0.1) is 0 Å². The van der Waals surface area contributed by atoms with Crippen molar-refractivity contribution >= 4 is 11.6 Å². The minimum absolute atomic E-state index is 0.324. The number of halogens is 3. The number of methoxy groups -OCH3 is 1. The molecule has 0 aliphatic rings. The molecule has 0 radical (unpaired) electrons. The Bertz CT molecular complexity index is 496. The smallest absolute Gasteiger partial charge is 0.422 e. The third-order valence-electron chi connectivity index (χ3n) is 1.76. The number of guanidine groups is 1. The number of hydrogen-bond acceptors (Lipinski definition) is 5. The summed E-state index contributed by atoms with van der Waals surface area (Å²) in [6.45, 7) is 0. The summed E-state index contributed by atoms with van der Waals surface area (Å²) < 4.78 is 42.8. The van der Waals surface area contributed by atoms with Crippen LogP contribution in [0.3, 0.4) is 0 Å². The molecule has 0 fully saturated rings. The summed E-state index contributed by atoms with van der Waals surface area (Å²) >= 11 is 0. The van der Waals surface area contributed by atoms with Gasteiger partial charge in [-0.3, -0.25) is 0 Å². The number of ether oxygens (including phenoxy) is 1. The molecule has 8 nitrogen and oxygen atoms in total. The maximum absolute atomic E-state index is 12.7. The quantitative estimate of drug-likeness (QED) is 0.365. The average Bonchev–Trinajstić information content (AvgIpc) is 2.25. The third-order valence-corrected chi connectivity index (χ3v) is 1.76. The molecule has 11 heteroatoms. The molecule has 0 atom stereocenters. The fraction of sp³-hybridized carbons (Fsp3) is 0.222. The Morgan fingerprint density at radius 3 is 2.20 bits per heavy atom. The molecule has 0 unspecified atom stereocenters. The molecule has 0 spiro atoms. The number of aliphatic imine (C=N–C) groups is 1. The van der Waals surface area contributed by atoms with Crippen molar-refractivity contribution in [1.29, 1.82) is 0 Å². The van der Waals surface area contributed by atoms with Gasteiger partial charge in [0.1, 0.15) is 11.3 Å². The van der Waals surface area contributed by atoms with Gasteiger partial charge >= 0.3 is 6.18 Å². The number of nitrogens with zero attached hydrogens (tertiary/aromatic N) is 2. The highest BCUT2D eigenvalue weighted by Crippen LogP contribution is 2.42. The summed E-state index contributed by atoms with van der Waals surface area (Å²) in [4.78, 5) is 11.7. The molecule has 0 aliphatic carbocycles. The van der Waals surface area contributed by atoms with Crippen molar-refractivity contribution in [1.82, 2.24) is 0 Å². The predicted octanol–water partition coefficient (Wildman–Crippen LogP) is 1.38. The molecule has 1 aromatic carbocycles. The number of alkyl halides is 3. The Morgan fingerprint density at radius 2 is 1.85 bits per heavy atom. The van der Waals surface area contributed by atoms with E-state index in [9.17, 15) is 13.2 Å². The topological polar surface area (TPSA) is 140 Å². The normalized spacial score (nSPS) is 10.0. The predicted molar refractivity (Wildman–Crippen MR) is 63.8 cm³/mol. The van der Waals surface area contributed by atoms with Crippen molar-refractivity contribution in [2.24, 2.45) is 16.5 Å². The average molecular weight is 295 g/mol. The van der Waals surface area contributed by atoms with Gasteiger partial charge in [-0.1, -0.05) is 6.07 Å². The zero-order valence-corrected chi connectivity index (χ0v) is 10.0. The molecule has 1 aromatic rings. The molecule has 0 aliphatic heterocycles. The summed E-state index contributed by atoms with van der Waals surface area (Å²) in [5.74, 6) is -0.770. The van der Waals surface area contributed by atoms with Crippen LogP contribution in [0.1, 0.15) is 5.56 Å². The van der Waals surface area contributed by atoms with Gasteiger partial charge in [-0.25, -0.2) is 4.99 Å². The minimum atomic E-state index is -4.58. The van der Waals surface area contributed by atoms with Crippen LogP contribution in [0.25, 0.3) is 0 Å². The Hall–Kier alpha value is -2.72. The first-order valence-electron chi connectivity index (χ1n) is 4.75. The monoisotopic (exact) mass is 295 g/mol. The van der Waals surface area contributed by atoms with E-state index in [0.29, 0.717) is 0 Å². The Balaban J connectivity index is 0.000000796. The summed E-state index contributed by atoms with van der Waals surface area (Å²) in [6.07, 6.45) is -4.58. The fourth-order valence-electron chi connectivity index (χ4n) is 1.21. The molecule has 112 valence electrons. The van der Waals surface area contributed by atoms with E-state index in [2.05, 4.69) is 9.73 Å². The van der Waals surface area contributed by atoms with Crippen LogP contribution in [0, 0.1) is 15.3 Å². The molecule has 1 rings (SSSR count). The largest absolute Gasteiger partial charge is 0.496 e. The van der Waals surface area contributed by atoms with Crippen molar-refractivity contribution in [3.63, 3.8) is 0 Å². The molecule has 0 aromatic heterocycles. The van der Waals surface area contributed by atoms with Gasteiger partial charge < -0.3 is 31.5 Å². The maximum atomic E-state index is 12.7. The number of benzene rings is 1. The van der Waals surface area contributed by atoms with E-state index in [1.165, 1.54) is 12.1 Å². The Labute approximate surface area is 110 Å². The van der Waals surface area contributed by atoms with Gasteiger partial charge in [0.05, 0.1) is 17.9 Å². The lowest BCUT2D eigenvalue weighted by molar-refractivity contribution is -0.402. The molecule has 20 heavy (non-hydrogen) atoms. The van der Waals surface area contributed by atoms with Crippen LogP contribution in [-0.4, -0.2) is 18.2 Å². The minimum Gasteiger partial charge on any atom is -0.496 e. The van der Waals surface area contributed by atoms with E-state index >= 15 is 0 Å². The fourth-order valence-corrected chi connectivity index (χ4v) is 1.21. The van der Waals surface area contributed by atoms with Gasteiger partial charge in [0.2, 0.25) is 0 Å². The zero-order valence-electron chi connectivity index (χ0n) is 10.0. The first-order valence-corrected chi connectivity index (χ1v) is 4.75. The van der Waals surface area contributed by atoms with Crippen LogP contribution < -0.4 is 16.2 Å². The Kier molecular flexibility index (Phi) is 6.06. The van der Waals surface area contributed by atoms with Crippen LogP contribution in [-0.2, 0) is 6.18 Å². The van der Waals surface area contributed by atoms with E-state index in [1.54, 1.807) is 0 Å². The van der Waals surface area contributed by atoms with Crippen LogP contribution in [0.15, 0.2) is 23.2 Å². The first-order chi connectivity index (χ1) is 9.09. The summed E-state index contributed by atoms with van der Waals surface area (Å²) in [7, 11) is 1.14. The van der Waals surface area contributed by atoms with Crippen molar-refractivity contribution in [2.45, 2.75) is 6.18 Å². The highest BCUT2D eigenvalue weighted by Gasteiger charge is 2.37. The SMILES string of the molecule is COc1cccc(N=C(N)N)c1C(F)(F)F.O=[N+]([O-])[O-]. The second kappa shape index (κ2) is 7.01. The van der Waals surface area contributed by atoms with Crippen molar-refractivity contribution < 1.29 is 23.0 Å². The highest BCUT2D eigenvalue weighted by molar-refractivity contribution is 5.80. The summed E-state index contributed by atoms with van der Waals surface area (Å²) in [5.41, 5.74) is 8.73. The van der Waals surface area contributed by atoms with Crippen molar-refractivity contribution in [2.75, 3.05) is 7.11 Å². The molecule has 0 saturated carbocycles. The Morgan fingerprint density at radius 1 is 1.35 bits per heavy atom. The van der Waals surface area contributed by atoms with E-state index in [-0.39, 0.29) is 11.4 Å². The van der Waals surface area contributed by atoms with Gasteiger partial charge in [0.25, 0.3) is 0 Å². The molecule has 0 heterocycles. The lowest BCUT2D eigenvalue weighted by atomic mass is 10.1. The van der Waals surface area contributed by atoms with Crippen molar-refractivity contribution in [3.05, 3.63) is 39.1 Å². The second-order valence-electron chi connectivity index (χ2n) is 3.11. The lowest BCUT2D eigenvalue weighted by Crippen LogP contribution is -2.22. The van der Waals surface area contributed by atoms with Crippen LogP contribution in [0.2, 0.25) is 0 Å². The second-order valence-corrected chi connectivity index (χ2v) is 3.11. The molecule has 0 saturated heterocycles. The number of nitrogens with two attached hydrogens (primary N) is 2. The van der Waals surface area contributed by atoms with Gasteiger partial charge in [-0.2, -0.15) is 13.2 Å². The maximum Gasteiger partial charge on any atom is 0.422 e. The molecule has 0 bridgehead atoms. The lowest BCUT2D eigenvalue weighted by Gasteiger charge is -2.13. The van der Waals surface area contributed by atoms with E-state index in [0.717, 1.165) is 13.2 Å². The summed E-state index contributed by atoms with van der Waals surface area (Å²) in [6, 6.07) is 3.72. The summed E-state index contributed by atoms with van der Waals surface area (Å²) in [5, 5.41) is 14.8. The molecule has 0 amide bonds. The molecule has 4 N–H and O–H groups in total. The third kappa shape index (κ3) is 5.75. The molecular weight excluding hydrogens is 285 g/mol. The highest BCUT2D eigenvalue weighted by atomic mass is 19.4. The first kappa shape index (κ1) is 17.3. The van der Waals surface area contributed by atoms with Gasteiger partial charge in [0.15, 0.2) is 5.96 Å². The van der Waals surface area contributed by atoms with Crippen LogP contribution in [0.5, 0.6) is 5.75 Å². The number of hydrogen-bond donors (Lipinski definition) is 2. The van der Waals surface area contributed by atoms with Crippen molar-refractivity contribution in [3.8, 4) is 5.75 Å². The van der Waals surface area contributed by atoms with Gasteiger partial charge in [0, 0.05) is 0 Å².